The topological polar surface area (TPSA) is 40.5 Å². The van der Waals surface area contributed by atoms with E-state index in [0.717, 1.165) is 56.8 Å². The summed E-state index contributed by atoms with van der Waals surface area (Å²) in [4.78, 5) is 0. The highest BCUT2D eigenvalue weighted by Crippen LogP contribution is 2.67. The largest absolute Gasteiger partial charge is 0.393 e. The SMILES string of the molecule is CCCCC#C[C@](C)(O)[C@H]1CC[C@H]2[C@@H]3CC=C4C[C@@H](O)CC[C@]4(C)[C@H]3CC[C@@]21C. The van der Waals surface area contributed by atoms with Crippen LogP contribution in [-0.2, 0) is 0 Å². The molecule has 2 N–H and O–H groups in total. The molecule has 0 bridgehead atoms. The van der Waals surface area contributed by atoms with Gasteiger partial charge in [-0.3, -0.25) is 0 Å². The average Bonchev–Trinajstić information content (AvgIpc) is 3.04. The summed E-state index contributed by atoms with van der Waals surface area (Å²) in [5, 5.41) is 21.6. The van der Waals surface area contributed by atoms with Crippen LogP contribution in [0.1, 0.15) is 98.3 Å². The summed E-state index contributed by atoms with van der Waals surface area (Å²) in [6.45, 7) is 9.14. The zero-order valence-electron chi connectivity index (χ0n) is 19.1. The van der Waals surface area contributed by atoms with Gasteiger partial charge in [0.15, 0.2) is 0 Å². The van der Waals surface area contributed by atoms with E-state index in [1.807, 2.05) is 6.92 Å². The summed E-state index contributed by atoms with van der Waals surface area (Å²) in [5.41, 5.74) is 1.19. The van der Waals surface area contributed by atoms with Gasteiger partial charge >= 0.3 is 0 Å². The molecule has 0 spiro atoms. The molecule has 4 aliphatic rings. The minimum Gasteiger partial charge on any atom is -0.393 e. The number of rotatable bonds is 3. The van der Waals surface area contributed by atoms with Crippen molar-refractivity contribution in [1.82, 2.24) is 0 Å². The Hall–Kier alpha value is -0.780. The molecule has 0 aromatic carbocycles. The van der Waals surface area contributed by atoms with Crippen molar-refractivity contribution in [3.63, 3.8) is 0 Å². The fourth-order valence-corrected chi connectivity index (χ4v) is 8.16. The maximum absolute atomic E-state index is 11.4. The molecule has 162 valence electrons. The van der Waals surface area contributed by atoms with Gasteiger partial charge < -0.3 is 10.2 Å². The molecule has 3 saturated carbocycles. The van der Waals surface area contributed by atoms with Crippen molar-refractivity contribution in [3.05, 3.63) is 11.6 Å². The lowest BCUT2D eigenvalue weighted by atomic mass is 9.47. The summed E-state index contributed by atoms with van der Waals surface area (Å²) >= 11 is 0. The molecule has 2 nitrogen and oxygen atoms in total. The first-order chi connectivity index (χ1) is 13.7. The molecule has 0 amide bonds. The molecule has 0 aromatic heterocycles. The minimum absolute atomic E-state index is 0.128. The Balaban J connectivity index is 1.56. The predicted molar refractivity (Wildman–Crippen MR) is 119 cm³/mol. The first-order valence-corrected chi connectivity index (χ1v) is 12.3. The van der Waals surface area contributed by atoms with Gasteiger partial charge in [0.25, 0.3) is 0 Å². The van der Waals surface area contributed by atoms with Gasteiger partial charge in [0, 0.05) is 12.3 Å². The molecule has 0 aromatic rings. The van der Waals surface area contributed by atoms with E-state index in [1.54, 1.807) is 5.57 Å². The van der Waals surface area contributed by atoms with Crippen LogP contribution in [0, 0.1) is 46.3 Å². The van der Waals surface area contributed by atoms with Crippen molar-refractivity contribution in [1.29, 1.82) is 0 Å². The molecule has 0 radical (unpaired) electrons. The summed E-state index contributed by atoms with van der Waals surface area (Å²) < 4.78 is 0. The summed E-state index contributed by atoms with van der Waals surface area (Å²) in [6, 6.07) is 0. The van der Waals surface area contributed by atoms with Gasteiger partial charge in [-0.1, -0.05) is 44.8 Å². The first kappa shape index (κ1) is 21.5. The number of fused-ring (bicyclic) bond motifs is 5. The van der Waals surface area contributed by atoms with E-state index < -0.39 is 5.60 Å². The molecule has 0 unspecified atom stereocenters. The molecule has 4 aliphatic carbocycles. The number of aliphatic hydroxyl groups excluding tert-OH is 1. The fraction of sp³-hybridized carbons (Fsp3) is 0.852. The molecule has 2 heteroatoms. The summed E-state index contributed by atoms with van der Waals surface area (Å²) in [7, 11) is 0. The second kappa shape index (κ2) is 7.72. The van der Waals surface area contributed by atoms with E-state index >= 15 is 0 Å². The van der Waals surface area contributed by atoms with Crippen LogP contribution in [0.4, 0.5) is 0 Å². The van der Waals surface area contributed by atoms with Crippen molar-refractivity contribution in [2.75, 3.05) is 0 Å². The van der Waals surface area contributed by atoms with Gasteiger partial charge in [0.2, 0.25) is 0 Å². The maximum atomic E-state index is 11.4. The quantitative estimate of drug-likeness (QED) is 0.354. The Morgan fingerprint density at radius 2 is 1.93 bits per heavy atom. The van der Waals surface area contributed by atoms with Crippen LogP contribution in [0.5, 0.6) is 0 Å². The normalized spacial score (nSPS) is 45.7. The maximum Gasteiger partial charge on any atom is 0.126 e. The number of aliphatic hydroxyl groups is 2. The van der Waals surface area contributed by atoms with Crippen molar-refractivity contribution in [2.24, 2.45) is 34.5 Å². The highest BCUT2D eigenvalue weighted by molar-refractivity contribution is 5.26. The van der Waals surface area contributed by atoms with E-state index in [2.05, 4.69) is 38.7 Å². The van der Waals surface area contributed by atoms with Gasteiger partial charge in [0.1, 0.15) is 5.60 Å². The molecule has 0 saturated heterocycles. The van der Waals surface area contributed by atoms with Gasteiger partial charge in [-0.05, 0) is 93.3 Å². The predicted octanol–water partition coefficient (Wildman–Crippen LogP) is 5.87. The Morgan fingerprint density at radius 1 is 1.14 bits per heavy atom. The van der Waals surface area contributed by atoms with E-state index in [1.165, 1.54) is 25.7 Å². The highest BCUT2D eigenvalue weighted by atomic mass is 16.3. The fourth-order valence-electron chi connectivity index (χ4n) is 8.16. The van der Waals surface area contributed by atoms with E-state index in [-0.39, 0.29) is 11.5 Å². The molecule has 3 fully saturated rings. The molecule has 8 atom stereocenters. The molecule has 29 heavy (non-hydrogen) atoms. The second-order valence-electron chi connectivity index (χ2n) is 11.4. The van der Waals surface area contributed by atoms with Crippen molar-refractivity contribution < 1.29 is 10.2 Å². The first-order valence-electron chi connectivity index (χ1n) is 12.3. The minimum atomic E-state index is -0.863. The monoisotopic (exact) mass is 398 g/mol. The van der Waals surface area contributed by atoms with Gasteiger partial charge in [-0.15, -0.1) is 5.92 Å². The van der Waals surface area contributed by atoms with Crippen LogP contribution in [0.15, 0.2) is 11.6 Å². The van der Waals surface area contributed by atoms with Gasteiger partial charge in [0.05, 0.1) is 6.10 Å². The Bertz CT molecular complexity index is 710. The Labute approximate surface area is 178 Å². The van der Waals surface area contributed by atoms with Crippen LogP contribution in [0.2, 0.25) is 0 Å². The van der Waals surface area contributed by atoms with E-state index in [9.17, 15) is 10.2 Å². The standard InChI is InChI=1S/C27H42O2/c1-5-6-7-8-15-27(4,29)24-12-11-22-21-10-9-19-18-20(28)13-16-25(19,2)23(21)14-17-26(22,24)3/h9,20-24,28-29H,5-7,10-14,16-18H2,1-4H3/t20-,21-,22-,23-,24-,25-,26-,27-/m0/s1. The second-order valence-corrected chi connectivity index (χ2v) is 11.4. The number of hydrogen-bond acceptors (Lipinski definition) is 2. The van der Waals surface area contributed by atoms with Gasteiger partial charge in [-0.2, -0.15) is 0 Å². The van der Waals surface area contributed by atoms with E-state index in [4.69, 9.17) is 0 Å². The van der Waals surface area contributed by atoms with Crippen molar-refractivity contribution in [2.45, 2.75) is 110 Å². The van der Waals surface area contributed by atoms with E-state index in [0.29, 0.717) is 17.3 Å². The number of hydrogen-bond donors (Lipinski definition) is 2. The molecule has 4 rings (SSSR count). The lowest BCUT2D eigenvalue weighted by Gasteiger charge is -2.58. The highest BCUT2D eigenvalue weighted by Gasteiger charge is 2.61. The zero-order valence-corrected chi connectivity index (χ0v) is 19.1. The molecular formula is C27H42O2. The lowest BCUT2D eigenvalue weighted by molar-refractivity contribution is -0.0826. The Morgan fingerprint density at radius 3 is 2.69 bits per heavy atom. The van der Waals surface area contributed by atoms with Crippen LogP contribution >= 0.6 is 0 Å². The van der Waals surface area contributed by atoms with Gasteiger partial charge in [-0.25, -0.2) is 0 Å². The van der Waals surface area contributed by atoms with Crippen LogP contribution < -0.4 is 0 Å². The third kappa shape index (κ3) is 3.51. The molecular weight excluding hydrogens is 356 g/mol. The summed E-state index contributed by atoms with van der Waals surface area (Å²) in [5.74, 6) is 9.07. The molecule has 0 aliphatic heterocycles. The zero-order chi connectivity index (χ0) is 20.9. The number of unbranched alkanes of at least 4 members (excludes halogenated alkanes) is 2. The van der Waals surface area contributed by atoms with Crippen molar-refractivity contribution in [3.8, 4) is 11.8 Å². The third-order valence-electron chi connectivity index (χ3n) is 9.75. The summed E-state index contributed by atoms with van der Waals surface area (Å²) in [6.07, 6.45) is 14.6. The van der Waals surface area contributed by atoms with Crippen LogP contribution in [0.25, 0.3) is 0 Å². The van der Waals surface area contributed by atoms with Crippen molar-refractivity contribution >= 4 is 0 Å². The average molecular weight is 399 g/mol. The lowest BCUT2D eigenvalue weighted by Crippen LogP contribution is -2.52. The van der Waals surface area contributed by atoms with Crippen LogP contribution in [-0.4, -0.2) is 21.9 Å². The number of allylic oxidation sites excluding steroid dienone is 1. The smallest absolute Gasteiger partial charge is 0.126 e. The molecule has 0 heterocycles. The third-order valence-corrected chi connectivity index (χ3v) is 9.75. The Kier molecular flexibility index (Phi) is 5.71. The van der Waals surface area contributed by atoms with Crippen LogP contribution in [0.3, 0.4) is 0 Å².